The molecule has 0 aliphatic rings. The smallest absolute Gasteiger partial charge is 0.360 e. The number of carbonyl (C=O) groups is 1. The quantitative estimate of drug-likeness (QED) is 0.421. The first-order chi connectivity index (χ1) is 13.8. The lowest BCUT2D eigenvalue weighted by molar-refractivity contribution is 0.0465. The standard InChI is InChI=1S/C22H16N2O3S/c25-22(27-14-16-8-3-1-4-9-16)19-15-26-20(24-19)18-12-7-13-23-21(18)28-17-10-5-2-6-11-17/h1-13,15H,14H2. The van der Waals surface area contributed by atoms with Gasteiger partial charge < -0.3 is 9.15 Å². The first kappa shape index (κ1) is 18.0. The summed E-state index contributed by atoms with van der Waals surface area (Å²) in [4.78, 5) is 22.1. The Hall–Kier alpha value is -3.38. The summed E-state index contributed by atoms with van der Waals surface area (Å²) >= 11 is 1.51. The molecule has 5 nitrogen and oxygen atoms in total. The van der Waals surface area contributed by atoms with Crippen molar-refractivity contribution in [1.29, 1.82) is 0 Å². The molecule has 0 amide bonds. The van der Waals surface area contributed by atoms with Crippen LogP contribution in [0.2, 0.25) is 0 Å². The second-order valence-electron chi connectivity index (χ2n) is 5.87. The number of benzene rings is 2. The lowest BCUT2D eigenvalue weighted by Gasteiger charge is -2.05. The van der Waals surface area contributed by atoms with E-state index in [1.54, 1.807) is 6.20 Å². The molecule has 0 N–H and O–H groups in total. The van der Waals surface area contributed by atoms with E-state index in [9.17, 15) is 4.79 Å². The highest BCUT2D eigenvalue weighted by molar-refractivity contribution is 7.99. The number of hydrogen-bond acceptors (Lipinski definition) is 6. The largest absolute Gasteiger partial charge is 0.456 e. The molecule has 138 valence electrons. The number of rotatable bonds is 6. The molecule has 0 bridgehead atoms. The van der Waals surface area contributed by atoms with Crippen LogP contribution in [0.15, 0.2) is 99.6 Å². The van der Waals surface area contributed by atoms with Crippen LogP contribution in [0.4, 0.5) is 0 Å². The molecule has 28 heavy (non-hydrogen) atoms. The molecule has 0 radical (unpaired) electrons. The topological polar surface area (TPSA) is 65.2 Å². The maximum Gasteiger partial charge on any atom is 0.360 e. The van der Waals surface area contributed by atoms with E-state index in [1.807, 2.05) is 72.8 Å². The van der Waals surface area contributed by atoms with E-state index in [-0.39, 0.29) is 12.3 Å². The van der Waals surface area contributed by atoms with Crippen molar-refractivity contribution >= 4 is 17.7 Å². The highest BCUT2D eigenvalue weighted by Gasteiger charge is 2.18. The molecule has 0 fully saturated rings. The molecule has 2 aromatic heterocycles. The van der Waals surface area contributed by atoms with Crippen molar-refractivity contribution in [2.24, 2.45) is 0 Å². The van der Waals surface area contributed by atoms with Crippen LogP contribution in [0.5, 0.6) is 0 Å². The molecular formula is C22H16N2O3S. The Labute approximate surface area is 166 Å². The second kappa shape index (κ2) is 8.54. The first-order valence-corrected chi connectivity index (χ1v) is 9.46. The van der Waals surface area contributed by atoms with E-state index in [1.165, 1.54) is 18.0 Å². The minimum absolute atomic E-state index is 0.130. The third kappa shape index (κ3) is 4.29. The van der Waals surface area contributed by atoms with Gasteiger partial charge in [-0.25, -0.2) is 14.8 Å². The van der Waals surface area contributed by atoms with Gasteiger partial charge in [-0.05, 0) is 29.8 Å². The molecule has 2 heterocycles. The monoisotopic (exact) mass is 388 g/mol. The third-order valence-corrected chi connectivity index (χ3v) is 4.91. The molecule has 0 aliphatic carbocycles. The summed E-state index contributed by atoms with van der Waals surface area (Å²) in [6.07, 6.45) is 3.03. The summed E-state index contributed by atoms with van der Waals surface area (Å²) in [7, 11) is 0. The zero-order valence-corrected chi connectivity index (χ0v) is 15.6. The number of esters is 1. The number of pyridine rings is 1. The summed E-state index contributed by atoms with van der Waals surface area (Å²) in [5.74, 6) is -0.196. The number of carbonyl (C=O) groups excluding carboxylic acids is 1. The minimum atomic E-state index is -0.528. The van der Waals surface area contributed by atoms with Crippen molar-refractivity contribution in [2.75, 3.05) is 0 Å². The predicted molar refractivity (Wildman–Crippen MR) is 106 cm³/mol. The highest BCUT2D eigenvalue weighted by atomic mass is 32.2. The molecule has 0 saturated heterocycles. The fourth-order valence-corrected chi connectivity index (χ4v) is 3.42. The Balaban J connectivity index is 1.50. The molecule has 0 saturated carbocycles. The minimum Gasteiger partial charge on any atom is -0.456 e. The van der Waals surface area contributed by atoms with Crippen molar-refractivity contribution in [3.63, 3.8) is 0 Å². The summed E-state index contributed by atoms with van der Waals surface area (Å²) < 4.78 is 10.8. The van der Waals surface area contributed by atoms with Gasteiger partial charge in [0.15, 0.2) is 5.69 Å². The Bertz CT molecular complexity index is 1070. The van der Waals surface area contributed by atoms with Gasteiger partial charge in [-0.2, -0.15) is 0 Å². The molecule has 0 atom stereocenters. The van der Waals surface area contributed by atoms with Crippen molar-refractivity contribution in [3.8, 4) is 11.5 Å². The van der Waals surface area contributed by atoms with Gasteiger partial charge in [-0.3, -0.25) is 0 Å². The summed E-state index contributed by atoms with van der Waals surface area (Å²) in [6, 6.07) is 23.1. The van der Waals surface area contributed by atoms with Crippen LogP contribution in [-0.2, 0) is 11.3 Å². The van der Waals surface area contributed by atoms with Gasteiger partial charge in [0.1, 0.15) is 17.9 Å². The number of ether oxygens (including phenoxy) is 1. The lowest BCUT2D eigenvalue weighted by Crippen LogP contribution is -2.05. The maximum atomic E-state index is 12.3. The average Bonchev–Trinajstić information content (AvgIpc) is 3.24. The van der Waals surface area contributed by atoms with Crippen molar-refractivity contribution in [3.05, 3.63) is 96.5 Å². The average molecular weight is 388 g/mol. The SMILES string of the molecule is O=C(OCc1ccccc1)c1coc(-c2cccnc2Sc2ccccc2)n1. The van der Waals surface area contributed by atoms with E-state index >= 15 is 0 Å². The van der Waals surface area contributed by atoms with Gasteiger partial charge in [0, 0.05) is 11.1 Å². The number of hydrogen-bond donors (Lipinski definition) is 0. The molecular weight excluding hydrogens is 372 g/mol. The van der Waals surface area contributed by atoms with E-state index in [4.69, 9.17) is 9.15 Å². The van der Waals surface area contributed by atoms with Crippen LogP contribution < -0.4 is 0 Å². The molecule has 4 rings (SSSR count). The number of aromatic nitrogens is 2. The van der Waals surface area contributed by atoms with Crippen molar-refractivity contribution in [1.82, 2.24) is 9.97 Å². The third-order valence-electron chi connectivity index (χ3n) is 3.89. The van der Waals surface area contributed by atoms with Gasteiger partial charge in [0.25, 0.3) is 0 Å². The predicted octanol–water partition coefficient (Wildman–Crippen LogP) is 5.24. The summed E-state index contributed by atoms with van der Waals surface area (Å²) in [5.41, 5.74) is 1.76. The molecule has 4 aromatic rings. The zero-order chi connectivity index (χ0) is 19.2. The van der Waals surface area contributed by atoms with Gasteiger partial charge in [0.2, 0.25) is 5.89 Å². The van der Waals surface area contributed by atoms with Crippen LogP contribution in [0.3, 0.4) is 0 Å². The summed E-state index contributed by atoms with van der Waals surface area (Å²) in [5, 5.41) is 0.750. The van der Waals surface area contributed by atoms with E-state index < -0.39 is 5.97 Å². The van der Waals surface area contributed by atoms with Crippen molar-refractivity contribution in [2.45, 2.75) is 16.5 Å². The fourth-order valence-electron chi connectivity index (χ4n) is 2.52. The fraction of sp³-hybridized carbons (Fsp3) is 0.0455. The second-order valence-corrected chi connectivity index (χ2v) is 6.93. The van der Waals surface area contributed by atoms with E-state index in [0.29, 0.717) is 5.89 Å². The van der Waals surface area contributed by atoms with Crippen molar-refractivity contribution < 1.29 is 13.9 Å². The van der Waals surface area contributed by atoms with Gasteiger partial charge >= 0.3 is 5.97 Å². The normalized spacial score (nSPS) is 10.6. The number of nitrogens with zero attached hydrogens (tertiary/aromatic N) is 2. The molecule has 0 aliphatic heterocycles. The Morgan fingerprint density at radius 2 is 1.71 bits per heavy atom. The highest BCUT2D eigenvalue weighted by Crippen LogP contribution is 2.33. The van der Waals surface area contributed by atoms with Gasteiger partial charge in [0.05, 0.1) is 5.56 Å². The van der Waals surface area contributed by atoms with Gasteiger partial charge in [-0.15, -0.1) is 0 Å². The van der Waals surface area contributed by atoms with Crippen LogP contribution in [-0.4, -0.2) is 15.9 Å². The molecule has 0 spiro atoms. The van der Waals surface area contributed by atoms with Gasteiger partial charge in [-0.1, -0.05) is 60.3 Å². The van der Waals surface area contributed by atoms with Crippen LogP contribution in [0.25, 0.3) is 11.5 Å². The maximum absolute atomic E-state index is 12.3. The van der Waals surface area contributed by atoms with E-state index in [2.05, 4.69) is 9.97 Å². The Morgan fingerprint density at radius 3 is 2.50 bits per heavy atom. The Kier molecular flexibility index (Phi) is 5.49. The van der Waals surface area contributed by atoms with Crippen LogP contribution in [0, 0.1) is 0 Å². The lowest BCUT2D eigenvalue weighted by atomic mass is 10.2. The first-order valence-electron chi connectivity index (χ1n) is 8.64. The molecule has 0 unspecified atom stereocenters. The van der Waals surface area contributed by atoms with E-state index in [0.717, 1.165) is 21.0 Å². The molecule has 2 aromatic carbocycles. The van der Waals surface area contributed by atoms with Crippen LogP contribution in [0.1, 0.15) is 16.1 Å². The number of oxazole rings is 1. The Morgan fingerprint density at radius 1 is 0.964 bits per heavy atom. The summed E-state index contributed by atoms with van der Waals surface area (Å²) in [6.45, 7) is 0.184. The zero-order valence-electron chi connectivity index (χ0n) is 14.8. The van der Waals surface area contributed by atoms with Crippen LogP contribution >= 0.6 is 11.8 Å². The molecule has 6 heteroatoms.